The van der Waals surface area contributed by atoms with Gasteiger partial charge in [-0.2, -0.15) is 0 Å². The van der Waals surface area contributed by atoms with Crippen LogP contribution in [0.15, 0.2) is 24.3 Å². The molecule has 0 atom stereocenters. The summed E-state index contributed by atoms with van der Waals surface area (Å²) in [5.74, 6) is 0. The molecule has 0 bridgehead atoms. The van der Waals surface area contributed by atoms with Gasteiger partial charge in [0.25, 0.3) is 0 Å². The second-order valence-electron chi connectivity index (χ2n) is 2.25. The molecule has 0 unspecified atom stereocenters. The number of hydrogen-bond donors (Lipinski definition) is 2. The van der Waals surface area contributed by atoms with Gasteiger partial charge < -0.3 is 5.48 Å². The van der Waals surface area contributed by atoms with Crippen LogP contribution in [0.2, 0.25) is 0 Å². The highest BCUT2D eigenvalue weighted by atomic mass is 16.0. The molecule has 1 rings (SSSR count). The van der Waals surface area contributed by atoms with Gasteiger partial charge in [0.15, 0.2) is 0 Å². The van der Waals surface area contributed by atoms with E-state index in [1.165, 1.54) is 6.42 Å². The van der Waals surface area contributed by atoms with Gasteiger partial charge in [-0.15, -0.1) is 0 Å². The highest BCUT2D eigenvalue weighted by molar-refractivity contribution is 6.48. The summed E-state index contributed by atoms with van der Waals surface area (Å²) in [6.45, 7) is 4.25. The number of nitrogens with one attached hydrogen (secondary N) is 2. The van der Waals surface area contributed by atoms with Crippen LogP contribution in [-0.2, 0) is 0 Å². The van der Waals surface area contributed by atoms with Crippen molar-refractivity contribution < 1.29 is 5.48 Å². The molecule has 68 valence electrons. The maximum Gasteiger partial charge on any atom is 0.0789 e. The van der Waals surface area contributed by atoms with Crippen LogP contribution in [0, 0.1) is 10.8 Å². The third kappa shape index (κ3) is 5.56. The Labute approximate surface area is 73.1 Å². The minimum atomic E-state index is 0. The van der Waals surface area contributed by atoms with Crippen molar-refractivity contribution in [2.45, 2.75) is 20.3 Å². The smallest absolute Gasteiger partial charge is 0.0789 e. The summed E-state index contributed by atoms with van der Waals surface area (Å²) in [6.07, 6.45) is 7.95. The predicted octanol–water partition coefficient (Wildman–Crippen LogP) is 1.74. The number of rotatable bonds is 0. The van der Waals surface area contributed by atoms with Crippen molar-refractivity contribution in [3.8, 4) is 0 Å². The summed E-state index contributed by atoms with van der Waals surface area (Å²) in [4.78, 5) is 0. The van der Waals surface area contributed by atoms with E-state index in [1.54, 1.807) is 24.3 Å². The van der Waals surface area contributed by atoms with E-state index in [2.05, 4.69) is 13.8 Å². The van der Waals surface area contributed by atoms with Crippen LogP contribution in [0.3, 0.4) is 0 Å². The van der Waals surface area contributed by atoms with E-state index in [1.807, 2.05) is 0 Å². The zero-order chi connectivity index (χ0) is 8.69. The normalized spacial score (nSPS) is 13.2. The lowest BCUT2D eigenvalue weighted by Gasteiger charge is -1.96. The molecule has 0 amide bonds. The molecule has 0 aromatic rings. The standard InChI is InChI=1S/C6H6N2.C3H8.H2O/c7-5-3-1-2-4-6(5)8;1-3-2;/h1-4,7-8H;3H2,1-2H3;1H2. The van der Waals surface area contributed by atoms with E-state index in [0.29, 0.717) is 0 Å². The van der Waals surface area contributed by atoms with Crippen molar-refractivity contribution in [1.29, 1.82) is 10.8 Å². The van der Waals surface area contributed by atoms with Gasteiger partial charge in [-0.25, -0.2) is 0 Å². The maximum absolute atomic E-state index is 7.03. The number of allylic oxidation sites excluding steroid dienone is 4. The first-order chi connectivity index (χ1) is 5.22. The van der Waals surface area contributed by atoms with Crippen molar-refractivity contribution >= 4 is 11.4 Å². The van der Waals surface area contributed by atoms with Crippen LogP contribution < -0.4 is 0 Å². The van der Waals surface area contributed by atoms with Crippen LogP contribution in [0.1, 0.15) is 20.3 Å². The van der Waals surface area contributed by atoms with E-state index in [9.17, 15) is 0 Å². The van der Waals surface area contributed by atoms with Gasteiger partial charge in [-0.05, 0) is 12.2 Å². The molecule has 0 radical (unpaired) electrons. The molecule has 0 aromatic heterocycles. The Bertz CT molecular complexity index is 183. The quantitative estimate of drug-likeness (QED) is 0.517. The van der Waals surface area contributed by atoms with Gasteiger partial charge in [0.05, 0.1) is 11.4 Å². The average Bonchev–Trinajstić information content (AvgIpc) is 1.97. The molecule has 1 aliphatic carbocycles. The molecule has 0 aromatic carbocycles. The summed E-state index contributed by atoms with van der Waals surface area (Å²) in [6, 6.07) is 0. The lowest BCUT2D eigenvalue weighted by atomic mass is 10.1. The second kappa shape index (κ2) is 7.88. The Morgan fingerprint density at radius 2 is 1.25 bits per heavy atom. The second-order valence-corrected chi connectivity index (χ2v) is 2.25. The molecule has 3 nitrogen and oxygen atoms in total. The van der Waals surface area contributed by atoms with Gasteiger partial charge in [0.1, 0.15) is 0 Å². The molecule has 0 saturated heterocycles. The van der Waals surface area contributed by atoms with E-state index in [-0.39, 0.29) is 16.9 Å². The molecular weight excluding hydrogens is 152 g/mol. The average molecular weight is 168 g/mol. The van der Waals surface area contributed by atoms with Crippen LogP contribution >= 0.6 is 0 Å². The molecule has 1 aliphatic rings. The van der Waals surface area contributed by atoms with Gasteiger partial charge in [-0.3, -0.25) is 10.8 Å². The Balaban J connectivity index is 0. The van der Waals surface area contributed by atoms with Gasteiger partial charge >= 0.3 is 0 Å². The zero-order valence-corrected chi connectivity index (χ0v) is 7.52. The Kier molecular flexibility index (Phi) is 8.79. The molecule has 0 fully saturated rings. The topological polar surface area (TPSA) is 79.2 Å². The van der Waals surface area contributed by atoms with E-state index in [4.69, 9.17) is 10.8 Å². The molecule has 0 spiro atoms. The maximum atomic E-state index is 7.03. The molecule has 4 N–H and O–H groups in total. The summed E-state index contributed by atoms with van der Waals surface area (Å²) in [7, 11) is 0. The van der Waals surface area contributed by atoms with Crippen molar-refractivity contribution in [3.05, 3.63) is 24.3 Å². The van der Waals surface area contributed by atoms with E-state index >= 15 is 0 Å². The largest absolute Gasteiger partial charge is 0.412 e. The third-order valence-electron chi connectivity index (χ3n) is 0.927. The van der Waals surface area contributed by atoms with Crippen molar-refractivity contribution in [1.82, 2.24) is 0 Å². The molecule has 0 saturated carbocycles. The summed E-state index contributed by atoms with van der Waals surface area (Å²) in [5, 5.41) is 14.1. The molecule has 3 heteroatoms. The minimum Gasteiger partial charge on any atom is -0.412 e. The van der Waals surface area contributed by atoms with Crippen LogP contribution in [-0.4, -0.2) is 16.9 Å². The zero-order valence-electron chi connectivity index (χ0n) is 7.52. The lowest BCUT2D eigenvalue weighted by molar-refractivity contribution is 0.824. The molecular formula is C9H16N2O. The van der Waals surface area contributed by atoms with Crippen molar-refractivity contribution in [2.75, 3.05) is 0 Å². The summed E-state index contributed by atoms with van der Waals surface area (Å²) in [5.41, 5.74) is 0.569. The third-order valence-corrected chi connectivity index (χ3v) is 0.927. The van der Waals surface area contributed by atoms with Gasteiger partial charge in [0.2, 0.25) is 0 Å². The molecule has 0 aliphatic heterocycles. The fourth-order valence-corrected chi connectivity index (χ4v) is 0.483. The van der Waals surface area contributed by atoms with Crippen molar-refractivity contribution in [3.63, 3.8) is 0 Å². The van der Waals surface area contributed by atoms with Gasteiger partial charge in [0, 0.05) is 0 Å². The van der Waals surface area contributed by atoms with Gasteiger partial charge in [-0.1, -0.05) is 32.4 Å². The number of hydrogen-bond acceptors (Lipinski definition) is 2. The highest BCUT2D eigenvalue weighted by Crippen LogP contribution is 1.91. The van der Waals surface area contributed by atoms with E-state index < -0.39 is 0 Å². The first-order valence-electron chi connectivity index (χ1n) is 3.74. The lowest BCUT2D eigenvalue weighted by Crippen LogP contribution is -2.06. The van der Waals surface area contributed by atoms with E-state index in [0.717, 1.165) is 0 Å². The summed E-state index contributed by atoms with van der Waals surface area (Å²) >= 11 is 0. The fourth-order valence-electron chi connectivity index (χ4n) is 0.483. The van der Waals surface area contributed by atoms with Crippen molar-refractivity contribution in [2.24, 2.45) is 0 Å². The molecule has 12 heavy (non-hydrogen) atoms. The van der Waals surface area contributed by atoms with Crippen LogP contribution in [0.25, 0.3) is 0 Å². The SMILES string of the molecule is CCC.N=C1C=CC=CC1=N.O. The van der Waals surface area contributed by atoms with Crippen LogP contribution in [0.4, 0.5) is 0 Å². The molecule has 0 heterocycles. The monoisotopic (exact) mass is 168 g/mol. The Morgan fingerprint density at radius 3 is 1.42 bits per heavy atom. The Morgan fingerprint density at radius 1 is 1.00 bits per heavy atom. The predicted molar refractivity (Wildman–Crippen MR) is 53.3 cm³/mol. The first-order valence-corrected chi connectivity index (χ1v) is 3.74. The minimum absolute atomic E-state index is 0. The first kappa shape index (κ1) is 13.4. The highest BCUT2D eigenvalue weighted by Gasteiger charge is 1.97. The fraction of sp³-hybridized carbons (Fsp3) is 0.333. The Hall–Kier alpha value is -1.22. The van der Waals surface area contributed by atoms with Crippen LogP contribution in [0.5, 0.6) is 0 Å². The summed E-state index contributed by atoms with van der Waals surface area (Å²) < 4.78 is 0.